The minimum absolute atomic E-state index is 0. The van der Waals surface area contributed by atoms with Crippen molar-refractivity contribution in [2.45, 2.75) is 13.8 Å². The number of carbonyl (C=O) groups is 1. The van der Waals surface area contributed by atoms with E-state index in [2.05, 4.69) is 84.8 Å². The van der Waals surface area contributed by atoms with Crippen molar-refractivity contribution in [1.82, 2.24) is 4.98 Å². The normalized spacial score (nSPS) is 11.3. The number of hydrogen-bond acceptors (Lipinski definition) is 4. The Morgan fingerprint density at radius 2 is 1.67 bits per heavy atom. The molecule has 7 aromatic rings. The molecule has 0 amide bonds. The van der Waals surface area contributed by atoms with Crippen molar-refractivity contribution < 1.29 is 39.0 Å². The summed E-state index contributed by atoms with van der Waals surface area (Å²) >= 11 is 0. The van der Waals surface area contributed by atoms with E-state index in [0.29, 0.717) is 5.71 Å². The van der Waals surface area contributed by atoms with Crippen LogP contribution in [0.3, 0.4) is 0 Å². The first-order valence-electron chi connectivity index (χ1n) is 13.3. The number of allylic oxidation sites excluding steroid dienone is 2. The summed E-state index contributed by atoms with van der Waals surface area (Å²) in [6, 6.07) is 36.9. The first kappa shape index (κ1) is 28.7. The Morgan fingerprint density at radius 1 is 0.929 bits per heavy atom. The van der Waals surface area contributed by atoms with E-state index < -0.39 is 0 Å². The quantitative estimate of drug-likeness (QED) is 0.0653. The number of aromatic nitrogens is 2. The maximum atomic E-state index is 10.0. The number of ketones is 1. The standard InChI is InChI=1S/C31H19N2O.C5H8O2.Ir/c1-33-27-17-16-21-11-5-6-12-22(21)29(27)26(20-9-3-2-4-10-20)19-28(33)25-14-7-13-23-24-15-8-18-32-31(24)34-30(23)25;1-4(6)3-5(2)7;/h2-13,15-19H,1H2;3,6H,1-2H3;/q-1;;/b;4-3-;. The molecule has 42 heavy (non-hydrogen) atoms. The van der Waals surface area contributed by atoms with Crippen LogP contribution in [0.15, 0.2) is 120 Å². The summed E-state index contributed by atoms with van der Waals surface area (Å²) in [5.41, 5.74) is 6.57. The van der Waals surface area contributed by atoms with Gasteiger partial charge in [-0.2, -0.15) is 0 Å². The van der Waals surface area contributed by atoms with E-state index in [4.69, 9.17) is 9.52 Å². The summed E-state index contributed by atoms with van der Waals surface area (Å²) < 4.78 is 8.24. The van der Waals surface area contributed by atoms with Gasteiger partial charge in [0.15, 0.2) is 5.78 Å². The van der Waals surface area contributed by atoms with E-state index in [-0.39, 0.29) is 31.6 Å². The van der Waals surface area contributed by atoms with Crippen molar-refractivity contribution in [3.05, 3.63) is 128 Å². The zero-order valence-electron chi connectivity index (χ0n) is 23.1. The van der Waals surface area contributed by atoms with Crippen LogP contribution in [0.4, 0.5) is 0 Å². The number of carbonyl (C=O) groups excluding carboxylic acids is 1. The minimum atomic E-state index is -0.125. The second kappa shape index (κ2) is 12.0. The summed E-state index contributed by atoms with van der Waals surface area (Å²) in [7, 11) is 4.47. The van der Waals surface area contributed by atoms with Crippen LogP contribution in [0.2, 0.25) is 0 Å². The fourth-order valence-electron chi connectivity index (χ4n) is 5.30. The summed E-state index contributed by atoms with van der Waals surface area (Å²) in [5.74, 6) is -0.0625. The molecule has 3 aromatic heterocycles. The van der Waals surface area contributed by atoms with Gasteiger partial charge >= 0.3 is 0 Å². The molecule has 7 rings (SSSR count). The van der Waals surface area contributed by atoms with Gasteiger partial charge in [0, 0.05) is 50.2 Å². The molecule has 4 aromatic carbocycles. The Balaban J connectivity index is 0.000000396. The van der Waals surface area contributed by atoms with Gasteiger partial charge in [-0.05, 0) is 65.6 Å². The van der Waals surface area contributed by atoms with E-state index >= 15 is 0 Å². The van der Waals surface area contributed by atoms with E-state index in [9.17, 15) is 4.79 Å². The number of fused-ring (bicyclic) bond motifs is 6. The van der Waals surface area contributed by atoms with Gasteiger partial charge in [0.05, 0.1) is 11.3 Å². The molecule has 1 N–H and O–H groups in total. The molecule has 0 saturated carbocycles. The number of rotatable bonds is 3. The van der Waals surface area contributed by atoms with E-state index in [1.54, 1.807) is 6.20 Å². The Labute approximate surface area is 257 Å². The monoisotopic (exact) mass is 728 g/mol. The molecular formula is C36H27IrN2O3-. The zero-order chi connectivity index (χ0) is 28.5. The third-order valence-corrected chi connectivity index (χ3v) is 7.00. The largest absolute Gasteiger partial charge is 0.512 e. The molecule has 0 unspecified atom stereocenters. The van der Waals surface area contributed by atoms with Crippen LogP contribution in [-0.2, 0) is 24.9 Å². The zero-order valence-corrected chi connectivity index (χ0v) is 25.5. The summed E-state index contributed by atoms with van der Waals surface area (Å²) in [6.07, 6.45) is 2.92. The smallest absolute Gasteiger partial charge is 0.216 e. The number of aliphatic hydroxyl groups excluding tert-OH is 1. The molecule has 1 radical (unpaired) electrons. The second-order valence-electron chi connectivity index (χ2n) is 9.87. The molecule has 0 fully saturated rings. The number of benzene rings is 4. The van der Waals surface area contributed by atoms with Crippen LogP contribution < -0.4 is 4.57 Å². The number of aliphatic hydroxyl groups is 1. The third kappa shape index (κ3) is 5.30. The molecule has 5 nitrogen and oxygen atoms in total. The topological polar surface area (TPSA) is 67.2 Å². The van der Waals surface area contributed by atoms with Crippen molar-refractivity contribution in [2.24, 2.45) is 0 Å². The molecule has 0 spiro atoms. The maximum absolute atomic E-state index is 10.0. The molecule has 0 aliphatic heterocycles. The van der Waals surface area contributed by atoms with Crippen LogP contribution in [0.5, 0.6) is 0 Å². The van der Waals surface area contributed by atoms with Crippen LogP contribution in [0.1, 0.15) is 13.8 Å². The first-order valence-corrected chi connectivity index (χ1v) is 13.3. The third-order valence-electron chi connectivity index (χ3n) is 7.00. The fraction of sp³-hybridized carbons (Fsp3) is 0.0556. The number of furan rings is 1. The summed E-state index contributed by atoms with van der Waals surface area (Å²) in [5, 5.41) is 14.0. The van der Waals surface area contributed by atoms with Crippen LogP contribution in [0.25, 0.3) is 66.1 Å². The summed E-state index contributed by atoms with van der Waals surface area (Å²) in [6.45, 7) is 2.85. The predicted molar refractivity (Wildman–Crippen MR) is 164 cm³/mol. The van der Waals surface area contributed by atoms with Gasteiger partial charge in [0.25, 0.3) is 0 Å². The summed E-state index contributed by atoms with van der Waals surface area (Å²) in [4.78, 5) is 14.4. The molecule has 0 aliphatic rings. The molecule has 0 atom stereocenters. The Kier molecular flexibility index (Phi) is 8.21. The first-order chi connectivity index (χ1) is 19.9. The van der Waals surface area contributed by atoms with Gasteiger partial charge in [-0.3, -0.25) is 4.79 Å². The number of nitrogens with zero attached hydrogens (tertiary/aromatic N) is 2. The van der Waals surface area contributed by atoms with Gasteiger partial charge in [-0.1, -0.05) is 66.0 Å². The minimum Gasteiger partial charge on any atom is -0.512 e. The van der Waals surface area contributed by atoms with E-state index in [0.717, 1.165) is 44.3 Å². The average molecular weight is 728 g/mol. The van der Waals surface area contributed by atoms with E-state index in [1.165, 1.54) is 36.1 Å². The molecule has 0 aliphatic carbocycles. The van der Waals surface area contributed by atoms with Crippen molar-refractivity contribution in [2.75, 3.05) is 0 Å². The van der Waals surface area contributed by atoms with Gasteiger partial charge in [0.2, 0.25) is 5.71 Å². The predicted octanol–water partition coefficient (Wildman–Crippen LogP) is 8.38. The molecule has 3 heterocycles. The van der Waals surface area contributed by atoms with Gasteiger partial charge in [-0.15, -0.1) is 18.2 Å². The molecule has 0 bridgehead atoms. The van der Waals surface area contributed by atoms with E-state index in [1.807, 2.05) is 34.9 Å². The van der Waals surface area contributed by atoms with Crippen molar-refractivity contribution >= 4 is 49.5 Å². The second-order valence-corrected chi connectivity index (χ2v) is 9.87. The van der Waals surface area contributed by atoms with Crippen LogP contribution in [-0.4, -0.2) is 15.9 Å². The average Bonchev–Trinajstić information content (AvgIpc) is 3.36. The molecule has 6 heteroatoms. The molecular weight excluding hydrogens is 701 g/mol. The van der Waals surface area contributed by atoms with Crippen molar-refractivity contribution in [3.63, 3.8) is 0 Å². The van der Waals surface area contributed by atoms with Gasteiger partial charge in [0.1, 0.15) is 11.2 Å². The van der Waals surface area contributed by atoms with Gasteiger partial charge in [-0.25, -0.2) is 4.98 Å². The van der Waals surface area contributed by atoms with Crippen molar-refractivity contribution in [3.8, 4) is 22.4 Å². The number of hydrogen-bond donors (Lipinski definition) is 1. The Hall–Kier alpha value is -4.77. The molecule has 0 saturated heterocycles. The van der Waals surface area contributed by atoms with Crippen LogP contribution >= 0.6 is 0 Å². The van der Waals surface area contributed by atoms with Crippen molar-refractivity contribution in [1.29, 1.82) is 0 Å². The Morgan fingerprint density at radius 3 is 2.40 bits per heavy atom. The fourth-order valence-corrected chi connectivity index (χ4v) is 5.30. The SMILES string of the molecule is CC(=O)/C=C(/C)O.[CH2-][n+]1c(-c2[c-]ccc3c2oc2ncccc23)cc(-c2ccccc2)c2c3ccccc3ccc21.[Ir]. The molecule has 209 valence electrons. The Bertz CT molecular complexity index is 2110. The maximum Gasteiger partial charge on any atom is 0.216 e. The van der Waals surface area contributed by atoms with Gasteiger partial charge < -0.3 is 14.1 Å². The number of pyridine rings is 2. The van der Waals surface area contributed by atoms with Crippen LogP contribution in [0, 0.1) is 13.1 Å².